The number of nitrogen functional groups attached to an aromatic ring is 1. The molecule has 0 aliphatic rings. The fourth-order valence-electron chi connectivity index (χ4n) is 2.39. The molecular formula is C14H12ClN5O4. The molecule has 0 spiro atoms. The number of carboxylic acid groups (broad SMARTS) is 1. The van der Waals surface area contributed by atoms with Crippen molar-refractivity contribution in [3.8, 4) is 11.4 Å². The van der Waals surface area contributed by atoms with Gasteiger partial charge in [0.1, 0.15) is 17.9 Å². The highest BCUT2D eigenvalue weighted by atomic mass is 35.5. The van der Waals surface area contributed by atoms with E-state index < -0.39 is 23.8 Å². The van der Waals surface area contributed by atoms with Crippen molar-refractivity contribution in [2.24, 2.45) is 7.05 Å². The van der Waals surface area contributed by atoms with Gasteiger partial charge in [0.2, 0.25) is 0 Å². The zero-order valence-electron chi connectivity index (χ0n) is 12.4. The summed E-state index contributed by atoms with van der Waals surface area (Å²) < 4.78 is 1.73. The molecule has 1 aromatic carbocycles. The average molecular weight is 350 g/mol. The van der Waals surface area contributed by atoms with Gasteiger partial charge in [0, 0.05) is 23.3 Å². The molecule has 0 aliphatic heterocycles. The topological polar surface area (TPSA) is 136 Å². The molecule has 24 heavy (non-hydrogen) atoms. The highest BCUT2D eigenvalue weighted by Crippen LogP contribution is 2.27. The van der Waals surface area contributed by atoms with Gasteiger partial charge in [-0.1, -0.05) is 11.6 Å². The smallest absolute Gasteiger partial charge is 0.333 e. The lowest BCUT2D eigenvalue weighted by molar-refractivity contribution is -0.137. The second kappa shape index (κ2) is 5.53. The number of nitrogens with two attached hydrogens (primary N) is 1. The van der Waals surface area contributed by atoms with E-state index in [1.165, 1.54) is 13.1 Å². The number of nitrogens with one attached hydrogen (secondary N) is 1. The van der Waals surface area contributed by atoms with E-state index >= 15 is 0 Å². The first-order valence-corrected chi connectivity index (χ1v) is 7.14. The monoisotopic (exact) mass is 349 g/mol. The third-order valence-electron chi connectivity index (χ3n) is 3.54. The summed E-state index contributed by atoms with van der Waals surface area (Å²) in [5, 5.41) is 9.43. The van der Waals surface area contributed by atoms with Crippen LogP contribution in [0.2, 0.25) is 5.02 Å². The van der Waals surface area contributed by atoms with Gasteiger partial charge in [-0.25, -0.2) is 9.78 Å². The molecule has 2 heterocycles. The van der Waals surface area contributed by atoms with Crippen LogP contribution in [0.1, 0.15) is 0 Å². The normalized spacial score (nSPS) is 11.1. The maximum Gasteiger partial charge on any atom is 0.333 e. The minimum Gasteiger partial charge on any atom is -0.480 e. The van der Waals surface area contributed by atoms with Gasteiger partial charge >= 0.3 is 11.7 Å². The summed E-state index contributed by atoms with van der Waals surface area (Å²) in [5.41, 5.74) is 5.30. The van der Waals surface area contributed by atoms with Gasteiger partial charge in [0.15, 0.2) is 5.65 Å². The van der Waals surface area contributed by atoms with Crippen LogP contribution in [0.15, 0.2) is 27.8 Å². The predicted molar refractivity (Wildman–Crippen MR) is 88.1 cm³/mol. The first-order valence-electron chi connectivity index (χ1n) is 6.76. The van der Waals surface area contributed by atoms with Crippen molar-refractivity contribution in [1.82, 2.24) is 19.1 Å². The Morgan fingerprint density at radius 3 is 2.75 bits per heavy atom. The van der Waals surface area contributed by atoms with Crippen LogP contribution in [0.3, 0.4) is 0 Å². The summed E-state index contributed by atoms with van der Waals surface area (Å²) in [6.45, 7) is -0.621. The summed E-state index contributed by atoms with van der Waals surface area (Å²) in [5.74, 6) is -0.992. The van der Waals surface area contributed by atoms with Crippen LogP contribution in [-0.4, -0.2) is 30.2 Å². The van der Waals surface area contributed by atoms with Crippen molar-refractivity contribution < 1.29 is 9.90 Å². The second-order valence-electron chi connectivity index (χ2n) is 5.14. The molecule has 0 amide bonds. The van der Waals surface area contributed by atoms with Crippen LogP contribution in [0.4, 0.5) is 5.69 Å². The minimum absolute atomic E-state index is 0.0164. The average Bonchev–Trinajstić information content (AvgIpc) is 2.94. The minimum atomic E-state index is -1.23. The Kier molecular flexibility index (Phi) is 3.64. The Morgan fingerprint density at radius 1 is 1.42 bits per heavy atom. The molecule has 10 heteroatoms. The number of hydrogen-bond acceptors (Lipinski definition) is 5. The zero-order chi connectivity index (χ0) is 17.6. The van der Waals surface area contributed by atoms with Crippen LogP contribution in [0, 0.1) is 0 Å². The van der Waals surface area contributed by atoms with E-state index in [2.05, 4.69) is 9.97 Å². The molecule has 0 saturated carbocycles. The fraction of sp³-hybridized carbons (Fsp3) is 0.143. The van der Waals surface area contributed by atoms with E-state index in [0.717, 1.165) is 9.13 Å². The first-order chi connectivity index (χ1) is 11.3. The fourth-order valence-corrected chi connectivity index (χ4v) is 2.57. The van der Waals surface area contributed by atoms with Crippen LogP contribution >= 0.6 is 11.6 Å². The van der Waals surface area contributed by atoms with Gasteiger partial charge in [-0.15, -0.1) is 0 Å². The molecule has 0 radical (unpaired) electrons. The Labute approximate surface area is 138 Å². The number of benzene rings is 1. The van der Waals surface area contributed by atoms with Crippen LogP contribution in [0.25, 0.3) is 22.6 Å². The second-order valence-corrected chi connectivity index (χ2v) is 5.58. The molecule has 2 aromatic heterocycles. The van der Waals surface area contributed by atoms with Crippen LogP contribution in [0.5, 0.6) is 0 Å². The molecule has 0 aliphatic carbocycles. The summed E-state index contributed by atoms with van der Waals surface area (Å²) in [6, 6.07) is 4.73. The first kappa shape index (κ1) is 15.8. The van der Waals surface area contributed by atoms with Gasteiger partial charge in [0.05, 0.1) is 0 Å². The summed E-state index contributed by atoms with van der Waals surface area (Å²) >= 11 is 5.86. The van der Waals surface area contributed by atoms with E-state index in [1.807, 2.05) is 0 Å². The Morgan fingerprint density at radius 2 is 2.12 bits per heavy atom. The van der Waals surface area contributed by atoms with Gasteiger partial charge in [-0.05, 0) is 18.2 Å². The molecule has 9 nitrogen and oxygen atoms in total. The Hall–Kier alpha value is -3.07. The van der Waals surface area contributed by atoms with Gasteiger partial charge in [-0.2, -0.15) is 0 Å². The predicted octanol–water partition coefficient (Wildman–Crippen LogP) is 0.411. The lowest BCUT2D eigenvalue weighted by Gasteiger charge is -2.05. The number of hydrogen-bond donors (Lipinski definition) is 3. The molecule has 0 bridgehead atoms. The number of rotatable bonds is 3. The quantitative estimate of drug-likeness (QED) is 0.586. The Bertz CT molecular complexity index is 1090. The Balaban J connectivity index is 2.35. The highest BCUT2D eigenvalue weighted by molar-refractivity contribution is 6.31. The standard InChI is InChI=1S/C14H12ClN5O4/c1-19-13(23)10-12(20(14(19)24)5-9(21)22)18-11(17-10)7-3-2-6(15)4-8(7)16/h2-4H,5,16H2,1H3,(H,17,18)(H,21,22). The molecule has 3 rings (SSSR count). The van der Waals surface area contributed by atoms with Gasteiger partial charge in [0.25, 0.3) is 5.56 Å². The molecular weight excluding hydrogens is 338 g/mol. The molecule has 0 fully saturated rings. The van der Waals surface area contributed by atoms with Crippen LogP contribution < -0.4 is 17.0 Å². The molecule has 4 N–H and O–H groups in total. The number of carboxylic acids is 1. The number of halogens is 1. The molecule has 124 valence electrons. The summed E-state index contributed by atoms with van der Waals surface area (Å²) in [6.07, 6.45) is 0. The highest BCUT2D eigenvalue weighted by Gasteiger charge is 2.18. The number of anilines is 1. The number of aromatic nitrogens is 4. The van der Waals surface area contributed by atoms with Gasteiger partial charge in [-0.3, -0.25) is 18.7 Å². The number of aliphatic carboxylic acids is 1. The SMILES string of the molecule is Cn1c(=O)c2[nH]c(-c3ccc(Cl)cc3N)nc2n(CC(=O)O)c1=O. The maximum absolute atomic E-state index is 12.2. The van der Waals surface area contributed by atoms with E-state index in [4.69, 9.17) is 22.4 Å². The number of carbonyl (C=O) groups is 1. The maximum atomic E-state index is 12.2. The molecule has 0 saturated heterocycles. The van der Waals surface area contributed by atoms with Crippen molar-refractivity contribution in [2.75, 3.05) is 5.73 Å². The van der Waals surface area contributed by atoms with E-state index in [9.17, 15) is 14.4 Å². The molecule has 3 aromatic rings. The summed E-state index contributed by atoms with van der Waals surface area (Å²) in [7, 11) is 1.26. The largest absolute Gasteiger partial charge is 0.480 e. The summed E-state index contributed by atoms with van der Waals surface area (Å²) in [4.78, 5) is 42.4. The third kappa shape index (κ3) is 2.44. The van der Waals surface area contributed by atoms with Crippen molar-refractivity contribution in [2.45, 2.75) is 6.54 Å². The third-order valence-corrected chi connectivity index (χ3v) is 3.77. The zero-order valence-corrected chi connectivity index (χ0v) is 13.2. The van der Waals surface area contributed by atoms with Crippen LogP contribution in [-0.2, 0) is 18.4 Å². The lowest BCUT2D eigenvalue weighted by Crippen LogP contribution is -2.39. The van der Waals surface area contributed by atoms with Crippen molar-refractivity contribution >= 4 is 34.4 Å². The number of nitrogens with zero attached hydrogens (tertiary/aromatic N) is 3. The molecule has 0 atom stereocenters. The van der Waals surface area contributed by atoms with E-state index in [0.29, 0.717) is 16.3 Å². The number of fused-ring (bicyclic) bond motifs is 1. The lowest BCUT2D eigenvalue weighted by atomic mass is 10.2. The van der Waals surface area contributed by atoms with Gasteiger partial charge < -0.3 is 15.8 Å². The number of aromatic amines is 1. The van der Waals surface area contributed by atoms with Crippen molar-refractivity contribution in [3.63, 3.8) is 0 Å². The number of imidazole rings is 1. The van der Waals surface area contributed by atoms with E-state index in [-0.39, 0.29) is 17.0 Å². The number of H-pyrrole nitrogens is 1. The van der Waals surface area contributed by atoms with Crippen molar-refractivity contribution in [3.05, 3.63) is 44.1 Å². The van der Waals surface area contributed by atoms with Crippen molar-refractivity contribution in [1.29, 1.82) is 0 Å². The molecule has 0 unspecified atom stereocenters. The van der Waals surface area contributed by atoms with E-state index in [1.54, 1.807) is 12.1 Å².